The highest BCUT2D eigenvalue weighted by molar-refractivity contribution is 7.75. The molecule has 286 valence electrons. The van der Waals surface area contributed by atoms with Crippen LogP contribution in [0.15, 0.2) is 243 Å². The first kappa shape index (κ1) is 39.4. The molecule has 0 aliphatic heterocycles. The second-order valence-corrected chi connectivity index (χ2v) is 19.1. The number of benzene rings is 8. The van der Waals surface area contributed by atoms with Crippen molar-refractivity contribution in [1.82, 2.24) is 0 Å². The lowest BCUT2D eigenvalue weighted by atomic mass is 9.75. The van der Waals surface area contributed by atoms with Gasteiger partial charge in [0.25, 0.3) is 0 Å². The van der Waals surface area contributed by atoms with Crippen molar-refractivity contribution in [2.75, 3.05) is 14.2 Å². The third-order valence-electron chi connectivity index (χ3n) is 11.2. The number of methoxy groups -OCH3 is 2. The van der Waals surface area contributed by atoms with Crippen LogP contribution in [0.2, 0.25) is 0 Å². The van der Waals surface area contributed by atoms with Crippen LogP contribution in [-0.4, -0.2) is 26.4 Å². The SMILES string of the molecule is CO[C@@H]([C@H](OC)C(c1ccccc1)(c1ccccc1)P(c1ccccc1)c1ccccc1)C(c1ccccc1)(c1ccccc1)P(c1ccccc1)c1ccccc1. The minimum Gasteiger partial charge on any atom is -0.377 e. The van der Waals surface area contributed by atoms with E-state index in [1.54, 1.807) is 0 Å². The summed E-state index contributed by atoms with van der Waals surface area (Å²) in [4.78, 5) is 0. The van der Waals surface area contributed by atoms with E-state index in [0.29, 0.717) is 0 Å². The van der Waals surface area contributed by atoms with Crippen LogP contribution in [-0.2, 0) is 19.8 Å². The van der Waals surface area contributed by atoms with E-state index in [1.807, 2.05) is 14.2 Å². The summed E-state index contributed by atoms with van der Waals surface area (Å²) >= 11 is 0. The van der Waals surface area contributed by atoms with E-state index in [2.05, 4.69) is 243 Å². The maximum Gasteiger partial charge on any atom is 0.103 e. The van der Waals surface area contributed by atoms with Crippen LogP contribution in [0.4, 0.5) is 0 Å². The molecule has 0 bridgehead atoms. The average molecular weight is 791 g/mol. The van der Waals surface area contributed by atoms with Gasteiger partial charge in [-0.05, 0) is 59.3 Å². The Morgan fingerprint density at radius 1 is 0.276 bits per heavy atom. The summed E-state index contributed by atoms with van der Waals surface area (Å²) in [6, 6.07) is 88.5. The quantitative estimate of drug-likeness (QED) is 0.0963. The Balaban J connectivity index is 1.57. The molecular weight excluding hydrogens is 743 g/mol. The zero-order chi connectivity index (χ0) is 39.6. The first-order valence-electron chi connectivity index (χ1n) is 19.8. The van der Waals surface area contributed by atoms with Crippen LogP contribution in [0.5, 0.6) is 0 Å². The van der Waals surface area contributed by atoms with Gasteiger partial charge in [-0.2, -0.15) is 0 Å². The Morgan fingerprint density at radius 2 is 0.448 bits per heavy atom. The molecule has 8 aromatic carbocycles. The molecule has 0 aliphatic carbocycles. The van der Waals surface area contributed by atoms with Crippen LogP contribution in [0.1, 0.15) is 22.3 Å². The Hall–Kier alpha value is -5.46. The molecule has 0 aliphatic rings. The molecule has 2 atom stereocenters. The summed E-state index contributed by atoms with van der Waals surface area (Å²) in [7, 11) is 1.31. The molecule has 0 radical (unpaired) electrons. The Morgan fingerprint density at radius 3 is 0.621 bits per heavy atom. The minimum atomic E-state index is -1.25. The summed E-state index contributed by atoms with van der Waals surface area (Å²) in [6.07, 6.45) is -1.10. The Bertz CT molecular complexity index is 2080. The lowest BCUT2D eigenvalue weighted by Crippen LogP contribution is -2.59. The molecule has 0 saturated carbocycles. The first-order chi connectivity index (χ1) is 28.7. The fourth-order valence-electron chi connectivity index (χ4n) is 8.98. The van der Waals surface area contributed by atoms with Crippen molar-refractivity contribution in [3.63, 3.8) is 0 Å². The summed E-state index contributed by atoms with van der Waals surface area (Å²) in [6.45, 7) is 0. The van der Waals surface area contributed by atoms with Gasteiger partial charge in [0.05, 0.1) is 10.3 Å². The summed E-state index contributed by atoms with van der Waals surface area (Å²) in [5, 5.41) is 3.47. The zero-order valence-corrected chi connectivity index (χ0v) is 34.7. The van der Waals surface area contributed by atoms with Gasteiger partial charge < -0.3 is 9.47 Å². The summed E-state index contributed by atoms with van der Waals surface area (Å²) < 4.78 is 14.7. The number of ether oxygens (including phenoxy) is 2. The van der Waals surface area contributed by atoms with Crippen LogP contribution in [0.3, 0.4) is 0 Å². The highest BCUT2D eigenvalue weighted by Crippen LogP contribution is 2.67. The average Bonchev–Trinajstić information content (AvgIpc) is 3.32. The normalized spacial score (nSPS) is 13.0. The molecule has 8 aromatic rings. The third kappa shape index (κ3) is 7.28. The highest BCUT2D eigenvalue weighted by atomic mass is 31.1. The predicted molar refractivity (Wildman–Crippen MR) is 247 cm³/mol. The minimum absolute atomic E-state index is 0.549. The van der Waals surface area contributed by atoms with Gasteiger partial charge in [-0.25, -0.2) is 0 Å². The third-order valence-corrected chi connectivity index (χ3v) is 17.4. The first-order valence-corrected chi connectivity index (χ1v) is 22.5. The van der Waals surface area contributed by atoms with Crippen LogP contribution in [0, 0.1) is 0 Å². The molecule has 58 heavy (non-hydrogen) atoms. The molecule has 0 amide bonds. The van der Waals surface area contributed by atoms with Crippen molar-refractivity contribution in [2.45, 2.75) is 22.5 Å². The second-order valence-electron chi connectivity index (χ2n) is 14.3. The molecule has 0 fully saturated rings. The molecular formula is C54H48O2P2. The predicted octanol–water partition coefficient (Wildman–Crippen LogP) is 11.2. The van der Waals surface area contributed by atoms with E-state index >= 15 is 0 Å². The molecule has 0 N–H and O–H groups in total. The van der Waals surface area contributed by atoms with E-state index in [9.17, 15) is 0 Å². The largest absolute Gasteiger partial charge is 0.377 e. The lowest BCUT2D eigenvalue weighted by molar-refractivity contribution is -0.0645. The lowest BCUT2D eigenvalue weighted by Gasteiger charge is -2.55. The van der Waals surface area contributed by atoms with Crippen molar-refractivity contribution < 1.29 is 9.47 Å². The molecule has 2 nitrogen and oxygen atoms in total. The summed E-state index contributed by atoms with van der Waals surface area (Å²) in [5.41, 5.74) is 4.70. The fraction of sp³-hybridized carbons (Fsp3) is 0.111. The Kier molecular flexibility index (Phi) is 12.5. The molecule has 8 rings (SSSR count). The molecule has 0 spiro atoms. The van der Waals surface area contributed by atoms with Crippen molar-refractivity contribution >= 4 is 37.1 Å². The highest BCUT2D eigenvalue weighted by Gasteiger charge is 2.61. The van der Waals surface area contributed by atoms with E-state index in [0.717, 1.165) is 0 Å². The monoisotopic (exact) mass is 790 g/mol. The van der Waals surface area contributed by atoms with Crippen molar-refractivity contribution in [1.29, 1.82) is 0 Å². The van der Waals surface area contributed by atoms with Crippen LogP contribution >= 0.6 is 15.8 Å². The summed E-state index contributed by atoms with van der Waals surface area (Å²) in [5.74, 6) is 0. The topological polar surface area (TPSA) is 18.5 Å². The number of rotatable bonds is 15. The fourth-order valence-corrected chi connectivity index (χ4v) is 15.7. The van der Waals surface area contributed by atoms with E-state index in [1.165, 1.54) is 43.5 Å². The van der Waals surface area contributed by atoms with E-state index < -0.39 is 38.4 Å². The molecule has 0 unspecified atom stereocenters. The molecule has 0 heterocycles. The maximum absolute atomic E-state index is 7.37. The van der Waals surface area contributed by atoms with Crippen molar-refractivity contribution in [2.24, 2.45) is 0 Å². The van der Waals surface area contributed by atoms with Crippen LogP contribution < -0.4 is 21.2 Å². The van der Waals surface area contributed by atoms with Gasteiger partial charge >= 0.3 is 0 Å². The number of hydrogen-bond donors (Lipinski definition) is 0. The van der Waals surface area contributed by atoms with Crippen LogP contribution in [0.25, 0.3) is 0 Å². The molecule has 0 saturated heterocycles. The molecule has 4 heteroatoms. The van der Waals surface area contributed by atoms with Gasteiger partial charge in [0, 0.05) is 14.2 Å². The Labute approximate surface area is 346 Å². The van der Waals surface area contributed by atoms with Crippen molar-refractivity contribution in [3.05, 3.63) is 265 Å². The van der Waals surface area contributed by atoms with Gasteiger partial charge in [0.15, 0.2) is 0 Å². The second kappa shape index (κ2) is 18.4. The zero-order valence-electron chi connectivity index (χ0n) is 33.0. The van der Waals surface area contributed by atoms with Gasteiger partial charge in [-0.1, -0.05) is 243 Å². The van der Waals surface area contributed by atoms with Gasteiger partial charge in [0.1, 0.15) is 12.2 Å². The molecule has 0 aromatic heterocycles. The van der Waals surface area contributed by atoms with Crippen molar-refractivity contribution in [3.8, 4) is 0 Å². The maximum atomic E-state index is 7.37. The van der Waals surface area contributed by atoms with E-state index in [4.69, 9.17) is 9.47 Å². The smallest absolute Gasteiger partial charge is 0.103 e. The van der Waals surface area contributed by atoms with Gasteiger partial charge in [-0.3, -0.25) is 0 Å². The van der Waals surface area contributed by atoms with Gasteiger partial charge in [-0.15, -0.1) is 0 Å². The standard InChI is InChI=1S/C54H48O2P2/c1-55-51(53(43-27-11-3-12-28-43,44-29-13-4-14-30-44)57(47-35-19-7-20-36-47)48-37-21-8-22-38-48)52(56-2)54(45-31-15-5-16-32-45,46-33-17-6-18-34-46)58(49-39-23-9-24-40-49)50-41-25-10-26-42-50/h3-42,51-52H,1-2H3/t51-,52-/m0/s1. The number of hydrogen-bond acceptors (Lipinski definition) is 2. The van der Waals surface area contributed by atoms with E-state index in [-0.39, 0.29) is 0 Å². The van der Waals surface area contributed by atoms with Gasteiger partial charge in [0.2, 0.25) is 0 Å².